The van der Waals surface area contributed by atoms with Crippen molar-refractivity contribution in [3.63, 3.8) is 0 Å². The second kappa shape index (κ2) is 6.48. The van der Waals surface area contributed by atoms with Gasteiger partial charge in [-0.2, -0.15) is 13.2 Å². The third kappa shape index (κ3) is 3.13. The molecule has 0 unspecified atom stereocenters. The van der Waals surface area contributed by atoms with E-state index in [4.69, 9.17) is 4.74 Å². The average molecular weight is 350 g/mol. The van der Waals surface area contributed by atoms with Gasteiger partial charge in [0, 0.05) is 9.58 Å². The Kier molecular flexibility index (Phi) is 4.54. The Labute approximate surface area is 142 Å². The van der Waals surface area contributed by atoms with Crippen LogP contribution in [0.1, 0.15) is 25.0 Å². The van der Waals surface area contributed by atoms with Crippen LogP contribution in [-0.4, -0.2) is 6.61 Å². The third-order valence-electron chi connectivity index (χ3n) is 3.89. The van der Waals surface area contributed by atoms with E-state index in [0.717, 1.165) is 16.2 Å². The summed E-state index contributed by atoms with van der Waals surface area (Å²) < 4.78 is 46.2. The van der Waals surface area contributed by atoms with E-state index in [-0.39, 0.29) is 0 Å². The second-order valence-corrected chi connectivity index (χ2v) is 6.49. The molecule has 1 heterocycles. The highest BCUT2D eigenvalue weighted by atomic mass is 32.1. The van der Waals surface area contributed by atoms with Gasteiger partial charge >= 0.3 is 6.18 Å². The minimum absolute atomic E-state index is 0.311. The van der Waals surface area contributed by atoms with E-state index in [2.05, 4.69) is 0 Å². The molecule has 3 aromatic rings. The molecular formula is C19H17F3OS. The van der Waals surface area contributed by atoms with Crippen LogP contribution in [0.5, 0.6) is 5.75 Å². The molecule has 1 aromatic heterocycles. The Balaban J connectivity index is 2.11. The van der Waals surface area contributed by atoms with Gasteiger partial charge in [-0.05, 0) is 60.2 Å². The van der Waals surface area contributed by atoms with Crippen molar-refractivity contribution in [2.45, 2.75) is 26.4 Å². The predicted octanol–water partition coefficient (Wildman–Crippen LogP) is 6.55. The fourth-order valence-corrected chi connectivity index (χ4v) is 4.03. The van der Waals surface area contributed by atoms with Crippen LogP contribution >= 0.6 is 11.3 Å². The van der Waals surface area contributed by atoms with Crippen molar-refractivity contribution in [2.75, 3.05) is 6.61 Å². The second-order valence-electron chi connectivity index (χ2n) is 5.44. The highest BCUT2D eigenvalue weighted by Crippen LogP contribution is 2.43. The topological polar surface area (TPSA) is 9.23 Å². The number of fused-ring (bicyclic) bond motifs is 1. The number of aryl methyl sites for hydroxylation is 1. The average Bonchev–Trinajstić information content (AvgIpc) is 2.97. The number of alkyl halides is 3. The number of thiophene rings is 1. The van der Waals surface area contributed by atoms with E-state index in [1.54, 1.807) is 19.1 Å². The fourth-order valence-electron chi connectivity index (χ4n) is 2.77. The molecule has 0 aliphatic rings. The monoisotopic (exact) mass is 350 g/mol. The summed E-state index contributed by atoms with van der Waals surface area (Å²) in [5.41, 5.74) is 0.741. The number of rotatable bonds is 4. The largest absolute Gasteiger partial charge is 0.494 e. The summed E-state index contributed by atoms with van der Waals surface area (Å²) in [5.74, 6) is 0.756. The predicted molar refractivity (Wildman–Crippen MR) is 92.8 cm³/mol. The molecule has 0 aliphatic carbocycles. The van der Waals surface area contributed by atoms with Gasteiger partial charge in [-0.3, -0.25) is 0 Å². The molecule has 2 aromatic carbocycles. The van der Waals surface area contributed by atoms with Gasteiger partial charge in [0.2, 0.25) is 0 Å². The zero-order chi connectivity index (χ0) is 17.3. The van der Waals surface area contributed by atoms with Gasteiger partial charge in [-0.25, -0.2) is 0 Å². The Bertz CT molecular complexity index is 847. The van der Waals surface area contributed by atoms with Crippen LogP contribution in [-0.2, 0) is 12.6 Å². The van der Waals surface area contributed by atoms with E-state index < -0.39 is 11.7 Å². The van der Waals surface area contributed by atoms with Crippen LogP contribution in [0, 0.1) is 0 Å². The minimum atomic E-state index is -4.34. The Hall–Kier alpha value is -2.01. The normalized spacial score (nSPS) is 11.9. The zero-order valence-corrected chi connectivity index (χ0v) is 14.2. The molecule has 0 radical (unpaired) electrons. The van der Waals surface area contributed by atoms with Crippen molar-refractivity contribution in [2.24, 2.45) is 0 Å². The molecule has 5 heteroatoms. The molecule has 3 rings (SSSR count). The minimum Gasteiger partial charge on any atom is -0.494 e. The smallest absolute Gasteiger partial charge is 0.418 e. The van der Waals surface area contributed by atoms with E-state index in [9.17, 15) is 13.2 Å². The first kappa shape index (κ1) is 16.8. The summed E-state index contributed by atoms with van der Waals surface area (Å²) in [5, 5.41) is 0.633. The van der Waals surface area contributed by atoms with Crippen LogP contribution in [0.25, 0.3) is 20.5 Å². The maximum absolute atomic E-state index is 13.5. The summed E-state index contributed by atoms with van der Waals surface area (Å²) in [7, 11) is 0. The van der Waals surface area contributed by atoms with Gasteiger partial charge in [0.1, 0.15) is 5.75 Å². The molecule has 0 saturated carbocycles. The lowest BCUT2D eigenvalue weighted by Gasteiger charge is -2.12. The number of hydrogen-bond donors (Lipinski definition) is 0. The van der Waals surface area contributed by atoms with Crippen molar-refractivity contribution >= 4 is 21.4 Å². The van der Waals surface area contributed by atoms with Crippen LogP contribution in [0.15, 0.2) is 42.5 Å². The fraction of sp³-hybridized carbons (Fsp3) is 0.263. The highest BCUT2D eigenvalue weighted by Gasteiger charge is 2.35. The first-order chi connectivity index (χ1) is 11.4. The molecule has 0 N–H and O–H groups in total. The lowest BCUT2D eigenvalue weighted by atomic mass is 10.0. The molecule has 0 spiro atoms. The number of halogens is 3. The van der Waals surface area contributed by atoms with Crippen LogP contribution in [0.3, 0.4) is 0 Å². The van der Waals surface area contributed by atoms with Gasteiger partial charge in [0.05, 0.1) is 12.2 Å². The summed E-state index contributed by atoms with van der Waals surface area (Å²) >= 11 is 1.19. The van der Waals surface area contributed by atoms with Crippen molar-refractivity contribution in [1.29, 1.82) is 0 Å². The molecule has 0 amide bonds. The number of ether oxygens (including phenoxy) is 1. The third-order valence-corrected chi connectivity index (χ3v) is 5.10. The summed E-state index contributed by atoms with van der Waals surface area (Å²) in [6, 6.07) is 12.6. The molecule has 24 heavy (non-hydrogen) atoms. The molecule has 1 nitrogen and oxygen atoms in total. The Morgan fingerprint density at radius 2 is 1.71 bits per heavy atom. The van der Waals surface area contributed by atoms with Crippen LogP contribution in [0.4, 0.5) is 13.2 Å². The van der Waals surface area contributed by atoms with Crippen LogP contribution in [0.2, 0.25) is 0 Å². The van der Waals surface area contributed by atoms with Crippen molar-refractivity contribution in [3.05, 3.63) is 53.6 Å². The summed E-state index contributed by atoms with van der Waals surface area (Å²) in [6.07, 6.45) is -3.98. The molecular weight excluding hydrogens is 333 g/mol. The van der Waals surface area contributed by atoms with Gasteiger partial charge in [-0.1, -0.05) is 19.1 Å². The van der Waals surface area contributed by atoms with E-state index in [1.807, 2.05) is 37.3 Å². The molecule has 0 saturated heterocycles. The number of hydrogen-bond acceptors (Lipinski definition) is 2. The van der Waals surface area contributed by atoms with E-state index in [0.29, 0.717) is 28.7 Å². The molecule has 0 aliphatic heterocycles. The molecule has 0 bridgehead atoms. The summed E-state index contributed by atoms with van der Waals surface area (Å²) in [6.45, 7) is 4.23. The quantitative estimate of drug-likeness (QED) is 0.518. The Morgan fingerprint density at radius 1 is 1.00 bits per heavy atom. The van der Waals surface area contributed by atoms with E-state index >= 15 is 0 Å². The van der Waals surface area contributed by atoms with E-state index in [1.165, 1.54) is 11.3 Å². The first-order valence-electron chi connectivity index (χ1n) is 7.80. The van der Waals surface area contributed by atoms with Crippen molar-refractivity contribution in [1.82, 2.24) is 0 Å². The highest BCUT2D eigenvalue weighted by molar-refractivity contribution is 7.22. The summed E-state index contributed by atoms with van der Waals surface area (Å²) in [4.78, 5) is 0.826. The SMILES string of the molecule is CCOc1ccc(-c2cc3ccc(CC)c(C(F)(F)F)c3s2)cc1. The van der Waals surface area contributed by atoms with Gasteiger partial charge in [0.25, 0.3) is 0 Å². The number of benzene rings is 2. The van der Waals surface area contributed by atoms with Gasteiger partial charge in [0.15, 0.2) is 0 Å². The van der Waals surface area contributed by atoms with Gasteiger partial charge < -0.3 is 4.74 Å². The molecule has 126 valence electrons. The maximum Gasteiger partial charge on any atom is 0.418 e. The van der Waals surface area contributed by atoms with Crippen LogP contribution < -0.4 is 4.74 Å². The molecule has 0 fully saturated rings. The standard InChI is InChI=1S/C19H17F3OS/c1-3-12-5-6-14-11-16(24-18(14)17(12)19(20,21)22)13-7-9-15(10-8-13)23-4-2/h5-11H,3-4H2,1-2H3. The molecule has 0 atom stereocenters. The zero-order valence-electron chi connectivity index (χ0n) is 13.4. The lowest BCUT2D eigenvalue weighted by Crippen LogP contribution is -2.08. The Morgan fingerprint density at radius 3 is 2.29 bits per heavy atom. The van der Waals surface area contributed by atoms with Gasteiger partial charge in [-0.15, -0.1) is 11.3 Å². The maximum atomic E-state index is 13.5. The lowest BCUT2D eigenvalue weighted by molar-refractivity contribution is -0.136. The first-order valence-corrected chi connectivity index (χ1v) is 8.61. The van der Waals surface area contributed by atoms with Crippen molar-refractivity contribution in [3.8, 4) is 16.2 Å². The van der Waals surface area contributed by atoms with Crippen molar-refractivity contribution < 1.29 is 17.9 Å².